The highest BCUT2D eigenvalue weighted by molar-refractivity contribution is 7.81. The Morgan fingerprint density at radius 1 is 1.15 bits per heavy atom. The Labute approximate surface area is 208 Å². The molecule has 0 unspecified atom stereocenters. The van der Waals surface area contributed by atoms with Gasteiger partial charge in [0.15, 0.2) is 11.6 Å². The fourth-order valence-electron chi connectivity index (χ4n) is 4.35. The van der Waals surface area contributed by atoms with Crippen molar-refractivity contribution in [3.05, 3.63) is 68.4 Å². The number of fused-ring (bicyclic) bond motifs is 2. The number of carbonyl (C=O) groups is 2. The lowest BCUT2D eigenvalue weighted by molar-refractivity contribution is -0.168. The van der Waals surface area contributed by atoms with Crippen molar-refractivity contribution in [2.45, 2.75) is 42.9 Å². The molecule has 2 aliphatic heterocycles. The van der Waals surface area contributed by atoms with E-state index in [2.05, 4.69) is 12.6 Å². The van der Waals surface area contributed by atoms with Crippen LogP contribution in [0.1, 0.15) is 46.8 Å². The summed E-state index contributed by atoms with van der Waals surface area (Å²) in [5.74, 6) is -1.87. The molecule has 2 aliphatic rings. The fourth-order valence-corrected chi connectivity index (χ4v) is 5.11. The molecule has 182 valence electrons. The number of benzene rings is 2. The quantitative estimate of drug-likeness (QED) is 0.219. The summed E-state index contributed by atoms with van der Waals surface area (Å²) >= 11 is 15.2. The van der Waals surface area contributed by atoms with Crippen molar-refractivity contribution < 1.29 is 31.9 Å². The fraction of sp³-hybridized carbons (Fsp3) is 0.391. The third kappa shape index (κ3) is 4.10. The molecule has 0 saturated carbocycles. The van der Waals surface area contributed by atoms with Gasteiger partial charge >= 0.3 is 6.18 Å². The molecule has 1 atom stereocenters. The summed E-state index contributed by atoms with van der Waals surface area (Å²) in [5.41, 5.74) is 0.366. The molecule has 1 amide bonds. The third-order valence-corrected chi connectivity index (χ3v) is 7.54. The molecule has 2 heterocycles. The van der Waals surface area contributed by atoms with Crippen LogP contribution >= 0.6 is 35.8 Å². The maximum Gasteiger partial charge on any atom is 0.407 e. The van der Waals surface area contributed by atoms with Crippen molar-refractivity contribution in [3.8, 4) is 0 Å². The Morgan fingerprint density at radius 3 is 2.32 bits per heavy atom. The number of nitrogens with zero attached hydrogens (tertiary/aromatic N) is 1. The van der Waals surface area contributed by atoms with Crippen molar-refractivity contribution in [2.24, 2.45) is 0 Å². The van der Waals surface area contributed by atoms with E-state index in [0.29, 0.717) is 25.1 Å². The predicted molar refractivity (Wildman–Crippen MR) is 122 cm³/mol. The standard InChI is InChI=1S/C23H19Cl2F4NO3S/c1-2-19(32)30-10-21(11-30)15-4-3-12(5-13(15)9-33-21)18(31)8-22(34,23(27,28)29)14-6-16(24)20(26)17(25)7-14/h3-7,34H,2,8-11H2,1H3/t22-/m0/s1. The summed E-state index contributed by atoms with van der Waals surface area (Å²) in [7, 11) is 0. The molecule has 0 aliphatic carbocycles. The lowest BCUT2D eigenvalue weighted by atomic mass is 9.83. The first-order valence-corrected chi connectivity index (χ1v) is 11.5. The molecule has 0 aromatic heterocycles. The van der Waals surface area contributed by atoms with E-state index >= 15 is 0 Å². The van der Waals surface area contributed by atoms with E-state index in [4.69, 9.17) is 27.9 Å². The number of ether oxygens (including phenoxy) is 1. The number of carbonyl (C=O) groups excluding carboxylic acids is 2. The minimum atomic E-state index is -4.97. The number of likely N-dealkylation sites (tertiary alicyclic amines) is 1. The summed E-state index contributed by atoms with van der Waals surface area (Å²) in [5, 5.41) is -1.21. The van der Waals surface area contributed by atoms with Crippen LogP contribution in [0, 0.1) is 5.82 Å². The summed E-state index contributed by atoms with van der Waals surface area (Å²) in [6.07, 6.45) is -5.64. The first kappa shape index (κ1) is 25.3. The topological polar surface area (TPSA) is 46.6 Å². The van der Waals surface area contributed by atoms with Crippen LogP contribution in [-0.2, 0) is 26.5 Å². The van der Waals surface area contributed by atoms with Gasteiger partial charge in [0.2, 0.25) is 5.91 Å². The number of rotatable bonds is 5. The van der Waals surface area contributed by atoms with Gasteiger partial charge in [0.1, 0.15) is 10.3 Å². The number of amides is 1. The van der Waals surface area contributed by atoms with Gasteiger partial charge < -0.3 is 9.64 Å². The molecule has 0 N–H and O–H groups in total. The van der Waals surface area contributed by atoms with Crippen LogP contribution in [0.2, 0.25) is 10.0 Å². The van der Waals surface area contributed by atoms with Gasteiger partial charge in [0.05, 0.1) is 29.7 Å². The third-order valence-electron chi connectivity index (χ3n) is 6.32. The Morgan fingerprint density at radius 2 is 1.76 bits per heavy atom. The van der Waals surface area contributed by atoms with Crippen molar-refractivity contribution in [2.75, 3.05) is 13.1 Å². The van der Waals surface area contributed by atoms with Crippen LogP contribution in [0.15, 0.2) is 30.3 Å². The van der Waals surface area contributed by atoms with Crippen molar-refractivity contribution in [1.29, 1.82) is 0 Å². The number of alkyl halides is 3. The second-order valence-electron chi connectivity index (χ2n) is 8.47. The number of hydrogen-bond acceptors (Lipinski definition) is 4. The Balaban J connectivity index is 1.60. The molecule has 1 spiro atoms. The highest BCUT2D eigenvalue weighted by Crippen LogP contribution is 2.49. The molecule has 11 heteroatoms. The molecule has 2 aromatic rings. The zero-order chi connectivity index (χ0) is 25.1. The maximum atomic E-state index is 14.1. The highest BCUT2D eigenvalue weighted by atomic mass is 35.5. The van der Waals surface area contributed by atoms with Crippen LogP contribution in [0.25, 0.3) is 0 Å². The highest BCUT2D eigenvalue weighted by Gasteiger charge is 2.55. The Bertz CT molecular complexity index is 1160. The summed E-state index contributed by atoms with van der Waals surface area (Å²) in [6, 6.07) is 6.15. The van der Waals surface area contributed by atoms with E-state index in [1.807, 2.05) is 0 Å². The van der Waals surface area contributed by atoms with Crippen LogP contribution in [-0.4, -0.2) is 35.9 Å². The van der Waals surface area contributed by atoms with E-state index in [-0.39, 0.29) is 18.1 Å². The number of hydrogen-bond donors (Lipinski definition) is 1. The van der Waals surface area contributed by atoms with Gasteiger partial charge in [0.25, 0.3) is 0 Å². The molecule has 1 fully saturated rings. The molecule has 4 rings (SSSR count). The number of Topliss-reactive ketones (excluding diaryl/α,β-unsaturated/α-hetero) is 1. The average Bonchev–Trinajstić information content (AvgIpc) is 3.13. The van der Waals surface area contributed by atoms with E-state index < -0.39 is 50.2 Å². The lowest BCUT2D eigenvalue weighted by Gasteiger charge is -2.47. The molecule has 0 radical (unpaired) electrons. The maximum absolute atomic E-state index is 14.1. The molecular formula is C23H19Cl2F4NO3S. The lowest BCUT2D eigenvalue weighted by Crippen LogP contribution is -2.61. The Kier molecular flexibility index (Phi) is 6.46. The second-order valence-corrected chi connectivity index (χ2v) is 10.0. The van der Waals surface area contributed by atoms with Crippen molar-refractivity contribution >= 4 is 47.5 Å². The van der Waals surface area contributed by atoms with E-state index in [9.17, 15) is 27.2 Å². The second kappa shape index (κ2) is 8.69. The van der Waals surface area contributed by atoms with Crippen LogP contribution in [0.3, 0.4) is 0 Å². The van der Waals surface area contributed by atoms with Gasteiger partial charge in [-0.1, -0.05) is 42.3 Å². The Hall–Kier alpha value is -1.81. The molecule has 2 aromatic carbocycles. The first-order valence-electron chi connectivity index (χ1n) is 10.3. The smallest absolute Gasteiger partial charge is 0.362 e. The average molecular weight is 536 g/mol. The molecule has 1 saturated heterocycles. The van der Waals surface area contributed by atoms with Gasteiger partial charge in [-0.25, -0.2) is 4.39 Å². The molecule has 0 bridgehead atoms. The van der Waals surface area contributed by atoms with Gasteiger partial charge in [-0.3, -0.25) is 9.59 Å². The van der Waals surface area contributed by atoms with Gasteiger partial charge in [0, 0.05) is 18.4 Å². The summed E-state index contributed by atoms with van der Waals surface area (Å²) in [6.45, 7) is 2.73. The van der Waals surface area contributed by atoms with Crippen LogP contribution in [0.5, 0.6) is 0 Å². The minimum Gasteiger partial charge on any atom is -0.362 e. The van der Waals surface area contributed by atoms with Crippen LogP contribution < -0.4 is 0 Å². The molecule has 34 heavy (non-hydrogen) atoms. The van der Waals surface area contributed by atoms with E-state index in [1.54, 1.807) is 17.9 Å². The van der Waals surface area contributed by atoms with Crippen molar-refractivity contribution in [1.82, 2.24) is 4.90 Å². The number of thiol groups is 1. The first-order chi connectivity index (χ1) is 15.8. The van der Waals surface area contributed by atoms with Gasteiger partial charge in [-0.15, -0.1) is 0 Å². The monoisotopic (exact) mass is 535 g/mol. The SMILES string of the molecule is CCC(=O)N1CC2(C1)OCc1cc(C(=O)C[C@](S)(c3cc(Cl)c(F)c(Cl)c3)C(F)(F)F)ccc12. The molecule has 4 nitrogen and oxygen atoms in total. The van der Waals surface area contributed by atoms with E-state index in [1.165, 1.54) is 12.1 Å². The van der Waals surface area contributed by atoms with Gasteiger partial charge in [-0.2, -0.15) is 25.8 Å². The largest absolute Gasteiger partial charge is 0.407 e. The summed E-state index contributed by atoms with van der Waals surface area (Å²) < 4.78 is 58.9. The van der Waals surface area contributed by atoms with Crippen molar-refractivity contribution in [3.63, 3.8) is 0 Å². The zero-order valence-electron chi connectivity index (χ0n) is 17.8. The zero-order valence-corrected chi connectivity index (χ0v) is 20.2. The number of ketones is 1. The minimum absolute atomic E-state index is 0.00717. The van der Waals surface area contributed by atoms with E-state index in [0.717, 1.165) is 17.7 Å². The number of halogens is 6. The summed E-state index contributed by atoms with van der Waals surface area (Å²) in [4.78, 5) is 26.5. The van der Waals surface area contributed by atoms with Gasteiger partial charge in [-0.05, 0) is 34.9 Å². The van der Waals surface area contributed by atoms with Crippen LogP contribution in [0.4, 0.5) is 17.6 Å². The predicted octanol–water partition coefficient (Wildman–Crippen LogP) is 6.07. The molecular weight excluding hydrogens is 517 g/mol. The normalized spacial score (nSPS) is 18.4.